The van der Waals surface area contributed by atoms with E-state index >= 15 is 0 Å². The minimum Gasteiger partial charge on any atom is -0.354 e. The van der Waals surface area contributed by atoms with Crippen molar-refractivity contribution in [1.29, 1.82) is 0 Å². The van der Waals surface area contributed by atoms with E-state index in [-0.39, 0.29) is 5.75 Å². The van der Waals surface area contributed by atoms with Gasteiger partial charge in [-0.1, -0.05) is 19.3 Å². The maximum Gasteiger partial charge on any atom is 0.193 e. The maximum atomic E-state index is 12.7. The Morgan fingerprint density at radius 1 is 1.36 bits per heavy atom. The zero-order chi connectivity index (χ0) is 17.9. The molecular formula is C17H29N5O2S. The van der Waals surface area contributed by atoms with Gasteiger partial charge in [0.15, 0.2) is 15.8 Å². The Morgan fingerprint density at radius 2 is 2.12 bits per heavy atom. The molecule has 0 amide bonds. The number of aromatic nitrogens is 2. The van der Waals surface area contributed by atoms with Crippen LogP contribution in [0.4, 0.5) is 0 Å². The lowest BCUT2D eigenvalue weighted by Crippen LogP contribution is -2.60. The molecule has 0 atom stereocenters. The lowest BCUT2D eigenvalue weighted by atomic mass is 9.87. The molecule has 140 valence electrons. The predicted octanol–water partition coefficient (Wildman–Crippen LogP) is 1.20. The first-order valence-corrected chi connectivity index (χ1v) is 10.8. The Labute approximate surface area is 150 Å². The highest BCUT2D eigenvalue weighted by Gasteiger charge is 2.48. The second-order valence-electron chi connectivity index (χ2n) is 7.24. The molecule has 1 saturated carbocycles. The summed E-state index contributed by atoms with van der Waals surface area (Å²) in [4.78, 5) is 6.51. The fraction of sp³-hybridized carbons (Fsp3) is 0.765. The Bertz CT molecular complexity index is 719. The van der Waals surface area contributed by atoms with Gasteiger partial charge in [0, 0.05) is 32.9 Å². The number of nitrogens with zero attached hydrogens (tertiary/aromatic N) is 4. The molecule has 1 aliphatic heterocycles. The molecule has 25 heavy (non-hydrogen) atoms. The molecular weight excluding hydrogens is 338 g/mol. The van der Waals surface area contributed by atoms with E-state index in [1.54, 1.807) is 7.05 Å². The summed E-state index contributed by atoms with van der Waals surface area (Å²) in [6.45, 7) is 4.57. The van der Waals surface area contributed by atoms with Crippen LogP contribution in [0.1, 0.15) is 37.7 Å². The van der Waals surface area contributed by atoms with Gasteiger partial charge < -0.3 is 10.2 Å². The monoisotopic (exact) mass is 367 g/mol. The highest BCUT2D eigenvalue weighted by molar-refractivity contribution is 7.92. The van der Waals surface area contributed by atoms with E-state index in [4.69, 9.17) is 0 Å². The predicted molar refractivity (Wildman–Crippen MR) is 99.5 cm³/mol. The molecule has 7 nitrogen and oxygen atoms in total. The summed E-state index contributed by atoms with van der Waals surface area (Å²) in [6.07, 6.45) is 8.60. The fourth-order valence-electron chi connectivity index (χ4n) is 4.02. The molecule has 1 spiro atoms. The van der Waals surface area contributed by atoms with E-state index in [1.807, 2.05) is 24.0 Å². The smallest absolute Gasteiger partial charge is 0.193 e. The summed E-state index contributed by atoms with van der Waals surface area (Å²) >= 11 is 0. The minimum atomic E-state index is -3.02. The van der Waals surface area contributed by atoms with Gasteiger partial charge in [-0.3, -0.25) is 9.67 Å². The number of aliphatic imine (C=N–C) groups is 1. The first-order valence-electron chi connectivity index (χ1n) is 9.13. The van der Waals surface area contributed by atoms with Crippen molar-refractivity contribution in [1.82, 2.24) is 20.0 Å². The number of hydrogen-bond donors (Lipinski definition) is 1. The number of guanidine groups is 1. The summed E-state index contributed by atoms with van der Waals surface area (Å²) < 4.78 is 26.8. The van der Waals surface area contributed by atoms with E-state index in [0.29, 0.717) is 19.6 Å². The Kier molecular flexibility index (Phi) is 5.36. The van der Waals surface area contributed by atoms with Crippen molar-refractivity contribution < 1.29 is 8.42 Å². The van der Waals surface area contributed by atoms with Gasteiger partial charge in [-0.15, -0.1) is 0 Å². The van der Waals surface area contributed by atoms with E-state index < -0.39 is 14.6 Å². The summed E-state index contributed by atoms with van der Waals surface area (Å²) in [6, 6.07) is 0. The third-order valence-electron chi connectivity index (χ3n) is 5.43. The minimum absolute atomic E-state index is 0.228. The highest BCUT2D eigenvalue weighted by Crippen LogP contribution is 2.38. The summed E-state index contributed by atoms with van der Waals surface area (Å²) in [5.41, 5.74) is 1.14. The molecule has 8 heteroatoms. The molecule has 2 fully saturated rings. The van der Waals surface area contributed by atoms with Gasteiger partial charge >= 0.3 is 0 Å². The van der Waals surface area contributed by atoms with Crippen molar-refractivity contribution >= 4 is 15.8 Å². The first kappa shape index (κ1) is 18.2. The summed E-state index contributed by atoms with van der Waals surface area (Å²) in [7, 11) is -1.26. The molecule has 3 rings (SSSR count). The topological polar surface area (TPSA) is 79.6 Å². The van der Waals surface area contributed by atoms with Crippen molar-refractivity contribution in [3.8, 4) is 0 Å². The number of hydrogen-bond acceptors (Lipinski definition) is 4. The van der Waals surface area contributed by atoms with Crippen molar-refractivity contribution in [2.75, 3.05) is 32.4 Å². The van der Waals surface area contributed by atoms with Crippen LogP contribution in [0.5, 0.6) is 0 Å². The van der Waals surface area contributed by atoms with Crippen LogP contribution in [0, 0.1) is 6.92 Å². The molecule has 1 aliphatic carbocycles. The first-order chi connectivity index (χ1) is 12.0. The van der Waals surface area contributed by atoms with Crippen LogP contribution in [-0.2, 0) is 16.4 Å². The number of rotatable bonds is 3. The Balaban J connectivity index is 1.63. The normalized spacial score (nSPS) is 23.0. The molecule has 2 heterocycles. The lowest BCUT2D eigenvalue weighted by molar-refractivity contribution is 0.273. The average molecular weight is 368 g/mol. The standard InChI is InChI=1S/C17H29N5O2S/c1-15-12-20-22(13-15)9-8-19-16(18-2)21-10-11-25(23,24)17(14-21)6-4-3-5-7-17/h12-13H,3-11,14H2,1-2H3,(H,18,19). The second kappa shape index (κ2) is 7.35. The van der Waals surface area contributed by atoms with Crippen LogP contribution in [-0.4, -0.2) is 66.2 Å². The molecule has 0 unspecified atom stereocenters. The zero-order valence-corrected chi connectivity index (χ0v) is 16.1. The van der Waals surface area contributed by atoms with Crippen molar-refractivity contribution in [3.05, 3.63) is 18.0 Å². The molecule has 0 radical (unpaired) electrons. The van der Waals surface area contributed by atoms with Crippen LogP contribution < -0.4 is 5.32 Å². The molecule has 0 bridgehead atoms. The molecule has 1 aromatic heterocycles. The zero-order valence-electron chi connectivity index (χ0n) is 15.2. The van der Waals surface area contributed by atoms with E-state index in [1.165, 1.54) is 0 Å². The van der Waals surface area contributed by atoms with Gasteiger partial charge in [0.05, 0.1) is 23.2 Å². The van der Waals surface area contributed by atoms with E-state index in [9.17, 15) is 8.42 Å². The van der Waals surface area contributed by atoms with Crippen molar-refractivity contribution in [2.24, 2.45) is 4.99 Å². The van der Waals surface area contributed by atoms with Gasteiger partial charge in [-0.05, 0) is 25.3 Å². The molecule has 1 saturated heterocycles. The summed E-state index contributed by atoms with van der Waals surface area (Å²) in [5.74, 6) is 1.02. The van der Waals surface area contributed by atoms with Gasteiger partial charge in [0.2, 0.25) is 0 Å². The summed E-state index contributed by atoms with van der Waals surface area (Å²) in [5, 5.41) is 7.65. The SMILES string of the molecule is CN=C(NCCn1cc(C)cn1)N1CCS(=O)(=O)C2(CCCCC2)C1. The molecule has 2 aliphatic rings. The number of nitrogens with one attached hydrogen (secondary N) is 1. The van der Waals surface area contributed by atoms with Crippen LogP contribution in [0.25, 0.3) is 0 Å². The molecule has 1 N–H and O–H groups in total. The highest BCUT2D eigenvalue weighted by atomic mass is 32.2. The van der Waals surface area contributed by atoms with Gasteiger partial charge in [-0.2, -0.15) is 5.10 Å². The third-order valence-corrected chi connectivity index (χ3v) is 8.01. The van der Waals surface area contributed by atoms with Gasteiger partial charge in [0.25, 0.3) is 0 Å². The third kappa shape index (κ3) is 3.83. The Hall–Kier alpha value is -1.57. The van der Waals surface area contributed by atoms with Crippen molar-refractivity contribution in [3.63, 3.8) is 0 Å². The van der Waals surface area contributed by atoms with E-state index in [2.05, 4.69) is 20.3 Å². The number of sulfone groups is 1. The number of aryl methyl sites for hydroxylation is 1. The lowest BCUT2D eigenvalue weighted by Gasteiger charge is -2.45. The average Bonchev–Trinajstić information content (AvgIpc) is 3.01. The Morgan fingerprint density at radius 3 is 2.76 bits per heavy atom. The largest absolute Gasteiger partial charge is 0.354 e. The second-order valence-corrected chi connectivity index (χ2v) is 9.74. The van der Waals surface area contributed by atoms with Crippen molar-refractivity contribution in [2.45, 2.75) is 50.3 Å². The quantitative estimate of drug-likeness (QED) is 0.641. The van der Waals surface area contributed by atoms with Crippen LogP contribution in [0.15, 0.2) is 17.4 Å². The van der Waals surface area contributed by atoms with E-state index in [0.717, 1.165) is 50.2 Å². The van der Waals surface area contributed by atoms with Crippen LogP contribution in [0.2, 0.25) is 0 Å². The van der Waals surface area contributed by atoms with Crippen LogP contribution in [0.3, 0.4) is 0 Å². The molecule has 0 aromatic carbocycles. The van der Waals surface area contributed by atoms with Gasteiger partial charge in [0.1, 0.15) is 0 Å². The van der Waals surface area contributed by atoms with Crippen LogP contribution >= 0.6 is 0 Å². The van der Waals surface area contributed by atoms with Gasteiger partial charge in [-0.25, -0.2) is 8.42 Å². The maximum absolute atomic E-state index is 12.7. The fourth-order valence-corrected chi connectivity index (χ4v) is 6.18. The molecule has 1 aromatic rings.